The Labute approximate surface area is 47.9 Å². The topological polar surface area (TPSA) is 49.7 Å². The normalized spacial score (nSPS) is 39.8. The van der Waals surface area contributed by atoms with Crippen LogP contribution >= 0.6 is 0 Å². The predicted octanol–water partition coefficient (Wildman–Crippen LogP) is -0.524. The van der Waals surface area contributed by atoms with Crippen molar-refractivity contribution < 1.29 is 14.9 Å². The fraction of sp³-hybridized carbons (Fsp3) is 1.00. The van der Waals surface area contributed by atoms with Crippen LogP contribution in [0.5, 0.6) is 0 Å². The zero-order valence-electron chi connectivity index (χ0n) is 4.58. The largest absolute Gasteiger partial charge is 0.393 e. The molecule has 0 bridgehead atoms. The van der Waals surface area contributed by atoms with Gasteiger partial charge in [-0.25, -0.2) is 0 Å². The van der Waals surface area contributed by atoms with Gasteiger partial charge in [0.15, 0.2) is 6.29 Å². The van der Waals surface area contributed by atoms with Crippen molar-refractivity contribution in [2.75, 3.05) is 6.61 Å². The van der Waals surface area contributed by atoms with E-state index in [1.807, 2.05) is 0 Å². The lowest BCUT2D eigenvalue weighted by atomic mass is 10.1. The van der Waals surface area contributed by atoms with Gasteiger partial charge in [0.2, 0.25) is 0 Å². The fourth-order valence-corrected chi connectivity index (χ4v) is 0.759. The first kappa shape index (κ1) is 6.01. The van der Waals surface area contributed by atoms with Crippen LogP contribution in [0.25, 0.3) is 0 Å². The summed E-state index contributed by atoms with van der Waals surface area (Å²) in [6.45, 7) is 0.475. The van der Waals surface area contributed by atoms with Gasteiger partial charge in [0.1, 0.15) is 0 Å². The summed E-state index contributed by atoms with van der Waals surface area (Å²) in [5.74, 6) is 0. The minimum absolute atomic E-state index is 0.361. The average molecular weight is 118 g/mol. The number of rotatable bonds is 0. The third-order valence-electron chi connectivity index (χ3n) is 1.24. The second-order valence-electron chi connectivity index (χ2n) is 2.00. The highest BCUT2D eigenvalue weighted by Gasteiger charge is 2.17. The number of hydrogen-bond donors (Lipinski definition) is 2. The smallest absolute Gasteiger partial charge is 0.156 e. The molecule has 48 valence electrons. The van der Waals surface area contributed by atoms with Gasteiger partial charge in [-0.3, -0.25) is 0 Å². The fourth-order valence-electron chi connectivity index (χ4n) is 0.759. The van der Waals surface area contributed by atoms with Crippen LogP contribution in [0.2, 0.25) is 0 Å². The zero-order chi connectivity index (χ0) is 5.98. The molecule has 0 amide bonds. The van der Waals surface area contributed by atoms with Crippen molar-refractivity contribution in [3.8, 4) is 0 Å². The third kappa shape index (κ3) is 1.43. The summed E-state index contributed by atoms with van der Waals surface area (Å²) in [5, 5.41) is 17.5. The zero-order valence-corrected chi connectivity index (χ0v) is 4.58. The molecule has 0 aliphatic carbocycles. The lowest BCUT2D eigenvalue weighted by Crippen LogP contribution is -2.28. The molecule has 1 aliphatic heterocycles. The molecule has 2 atom stereocenters. The summed E-state index contributed by atoms with van der Waals surface area (Å²) >= 11 is 0. The molecule has 1 fully saturated rings. The third-order valence-corrected chi connectivity index (χ3v) is 1.24. The van der Waals surface area contributed by atoms with Gasteiger partial charge in [-0.15, -0.1) is 0 Å². The van der Waals surface area contributed by atoms with Gasteiger partial charge in [-0.1, -0.05) is 0 Å². The summed E-state index contributed by atoms with van der Waals surface area (Å²) in [5.41, 5.74) is 0. The first-order valence-corrected chi connectivity index (χ1v) is 2.77. The number of hydrogen-bond acceptors (Lipinski definition) is 3. The molecule has 3 nitrogen and oxygen atoms in total. The standard InChI is InChI=1S/C5H10O3/c6-4-1-2-8-5(7)3-4/h4-7H,1-3H2/t4-,5+/m0/s1. The van der Waals surface area contributed by atoms with Crippen LogP contribution in [-0.2, 0) is 4.74 Å². The van der Waals surface area contributed by atoms with E-state index in [0.29, 0.717) is 19.4 Å². The van der Waals surface area contributed by atoms with E-state index in [1.165, 1.54) is 0 Å². The summed E-state index contributed by atoms with van der Waals surface area (Å²) in [6.07, 6.45) is -0.0886. The van der Waals surface area contributed by atoms with E-state index >= 15 is 0 Å². The van der Waals surface area contributed by atoms with Crippen molar-refractivity contribution in [2.45, 2.75) is 25.2 Å². The predicted molar refractivity (Wildman–Crippen MR) is 27.2 cm³/mol. The van der Waals surface area contributed by atoms with Crippen molar-refractivity contribution in [1.82, 2.24) is 0 Å². The van der Waals surface area contributed by atoms with E-state index in [1.54, 1.807) is 0 Å². The van der Waals surface area contributed by atoms with Crippen LogP contribution in [0.4, 0.5) is 0 Å². The highest BCUT2D eigenvalue weighted by atomic mass is 16.6. The maximum Gasteiger partial charge on any atom is 0.156 e. The van der Waals surface area contributed by atoms with Crippen molar-refractivity contribution in [3.63, 3.8) is 0 Å². The van der Waals surface area contributed by atoms with E-state index in [0.717, 1.165) is 0 Å². The molecule has 1 aliphatic rings. The van der Waals surface area contributed by atoms with Gasteiger partial charge < -0.3 is 14.9 Å². The number of aliphatic hydroxyl groups is 2. The molecule has 3 heteroatoms. The Hall–Kier alpha value is -0.120. The number of ether oxygens (including phenoxy) is 1. The summed E-state index contributed by atoms with van der Waals surface area (Å²) < 4.78 is 4.74. The van der Waals surface area contributed by atoms with E-state index in [4.69, 9.17) is 14.9 Å². The highest BCUT2D eigenvalue weighted by molar-refractivity contribution is 4.61. The molecule has 0 spiro atoms. The molecular weight excluding hydrogens is 108 g/mol. The quantitative estimate of drug-likeness (QED) is 0.450. The maximum absolute atomic E-state index is 8.84. The Balaban J connectivity index is 2.23. The average Bonchev–Trinajstić information content (AvgIpc) is 1.64. The first-order valence-electron chi connectivity index (χ1n) is 2.77. The summed E-state index contributed by atoms with van der Waals surface area (Å²) in [6, 6.07) is 0. The van der Waals surface area contributed by atoms with E-state index in [-0.39, 0.29) is 6.10 Å². The van der Waals surface area contributed by atoms with Gasteiger partial charge in [0.05, 0.1) is 12.7 Å². The lowest BCUT2D eigenvalue weighted by molar-refractivity contribution is -0.152. The van der Waals surface area contributed by atoms with Crippen LogP contribution in [0, 0.1) is 0 Å². The van der Waals surface area contributed by atoms with Gasteiger partial charge in [0.25, 0.3) is 0 Å². The summed E-state index contributed by atoms with van der Waals surface area (Å²) in [7, 11) is 0. The van der Waals surface area contributed by atoms with E-state index in [9.17, 15) is 0 Å². The second kappa shape index (κ2) is 2.44. The maximum atomic E-state index is 8.84. The second-order valence-corrected chi connectivity index (χ2v) is 2.00. The molecule has 1 rings (SSSR count). The SMILES string of the molecule is O[C@H]1CCO[C@@H](O)C1. The van der Waals surface area contributed by atoms with Gasteiger partial charge >= 0.3 is 0 Å². The first-order chi connectivity index (χ1) is 3.79. The monoisotopic (exact) mass is 118 g/mol. The van der Waals surface area contributed by atoms with Crippen molar-refractivity contribution in [3.05, 3.63) is 0 Å². The molecule has 0 saturated carbocycles. The van der Waals surface area contributed by atoms with Crippen molar-refractivity contribution >= 4 is 0 Å². The number of aliphatic hydroxyl groups excluding tert-OH is 2. The Morgan fingerprint density at radius 3 is 2.50 bits per heavy atom. The lowest BCUT2D eigenvalue weighted by Gasteiger charge is -2.21. The minimum Gasteiger partial charge on any atom is -0.393 e. The van der Waals surface area contributed by atoms with Crippen molar-refractivity contribution in [2.24, 2.45) is 0 Å². The molecule has 8 heavy (non-hydrogen) atoms. The van der Waals surface area contributed by atoms with Gasteiger partial charge in [-0.2, -0.15) is 0 Å². The Morgan fingerprint density at radius 1 is 1.38 bits per heavy atom. The molecule has 0 aromatic rings. The summed E-state index contributed by atoms with van der Waals surface area (Å²) in [4.78, 5) is 0. The van der Waals surface area contributed by atoms with Crippen LogP contribution in [-0.4, -0.2) is 29.2 Å². The molecule has 0 aromatic carbocycles. The molecule has 0 radical (unpaired) electrons. The minimum atomic E-state index is -0.737. The van der Waals surface area contributed by atoms with Crippen LogP contribution in [0.15, 0.2) is 0 Å². The molecule has 2 N–H and O–H groups in total. The Morgan fingerprint density at radius 2 is 2.12 bits per heavy atom. The highest BCUT2D eigenvalue weighted by Crippen LogP contribution is 2.10. The van der Waals surface area contributed by atoms with E-state index in [2.05, 4.69) is 0 Å². The van der Waals surface area contributed by atoms with Gasteiger partial charge in [-0.05, 0) is 6.42 Å². The van der Waals surface area contributed by atoms with Gasteiger partial charge in [0, 0.05) is 6.42 Å². The van der Waals surface area contributed by atoms with Crippen LogP contribution in [0.3, 0.4) is 0 Å². The molecular formula is C5H10O3. The van der Waals surface area contributed by atoms with Crippen molar-refractivity contribution in [1.29, 1.82) is 0 Å². The molecule has 0 unspecified atom stereocenters. The molecule has 1 saturated heterocycles. The molecule has 0 aromatic heterocycles. The molecule has 1 heterocycles. The Bertz CT molecular complexity index is 66.1. The Kier molecular flexibility index (Phi) is 1.83. The van der Waals surface area contributed by atoms with E-state index < -0.39 is 6.29 Å². The van der Waals surface area contributed by atoms with Crippen LogP contribution in [0.1, 0.15) is 12.8 Å². The van der Waals surface area contributed by atoms with Crippen LogP contribution < -0.4 is 0 Å².